The van der Waals surface area contributed by atoms with E-state index in [9.17, 15) is 4.57 Å². The van der Waals surface area contributed by atoms with Crippen LogP contribution in [-0.2, 0) is 13.9 Å². The molecule has 0 aromatic carbocycles. The van der Waals surface area contributed by atoms with Crippen molar-refractivity contribution in [1.82, 2.24) is 0 Å². The van der Waals surface area contributed by atoms with E-state index in [2.05, 4.69) is 4.52 Å². The molecule has 0 spiro atoms. The van der Waals surface area contributed by atoms with Crippen molar-refractivity contribution in [2.45, 2.75) is 0 Å². The van der Waals surface area contributed by atoms with Crippen LogP contribution in [0.1, 0.15) is 4.28 Å². The Hall–Kier alpha value is 2.38. The van der Waals surface area contributed by atoms with Gasteiger partial charge in [0.15, 0.2) is 0 Å². The van der Waals surface area contributed by atoms with Crippen LogP contribution in [0.25, 0.3) is 0 Å². The van der Waals surface area contributed by atoms with E-state index < -0.39 is 7.82 Å². The summed E-state index contributed by atoms with van der Waals surface area (Å²) < 4.78 is 12.7. The van der Waals surface area contributed by atoms with E-state index >= 15 is 0 Å². The summed E-state index contributed by atoms with van der Waals surface area (Å²) in [5.41, 5.74) is 0. The molecule has 16 heavy (non-hydrogen) atoms. The van der Waals surface area contributed by atoms with Gasteiger partial charge in [0.25, 0.3) is 0 Å². The second kappa shape index (κ2) is 43.3. The zero-order chi connectivity index (χ0) is 5.91. The first-order valence-electron chi connectivity index (χ1n) is 1.24. The van der Waals surface area contributed by atoms with E-state index in [1.807, 2.05) is 0 Å². The van der Waals surface area contributed by atoms with E-state index in [-0.39, 0.29) is 132 Å². The van der Waals surface area contributed by atoms with E-state index in [0.717, 1.165) is 0 Å². The first-order chi connectivity index (χ1) is 3.06. The Labute approximate surface area is 162 Å². The largest absolute Gasteiger partial charge is 1.00 e. The minimum absolute atomic E-state index is 0. The summed E-state index contributed by atoms with van der Waals surface area (Å²) in [4.78, 5) is 24.5. The molecule has 0 aliphatic carbocycles. The van der Waals surface area contributed by atoms with Gasteiger partial charge in [0.05, 0.1) is 0 Å². The third-order valence-electron chi connectivity index (χ3n) is 0.180. The van der Waals surface area contributed by atoms with Crippen LogP contribution in [0.15, 0.2) is 0 Å². The smallest absolute Gasteiger partial charge is 1.00 e. The fraction of sp³-hybridized carbons (Fsp3) is 0. The van der Waals surface area contributed by atoms with Crippen molar-refractivity contribution in [2.24, 2.45) is 0 Å². The minimum atomic E-state index is -4.53. The van der Waals surface area contributed by atoms with Crippen molar-refractivity contribution in [3.8, 4) is 0 Å². The van der Waals surface area contributed by atoms with E-state index in [4.69, 9.17) is 14.6 Å². The van der Waals surface area contributed by atoms with Gasteiger partial charge in [-0.2, -0.15) is 0 Å². The number of rotatable bonds is 2. The fourth-order valence-corrected chi connectivity index (χ4v) is 0.168. The molecule has 0 bridgehead atoms. The molecule has 0 heterocycles. The van der Waals surface area contributed by atoms with Gasteiger partial charge in [0.2, 0.25) is 0 Å². The Morgan fingerprint density at radius 1 is 0.875 bits per heavy atom. The minimum Gasteiger partial charge on any atom is -1.00 e. The van der Waals surface area contributed by atoms with Crippen LogP contribution < -0.4 is 88.7 Å². The van der Waals surface area contributed by atoms with Gasteiger partial charge >= 0.3 is 103 Å². The average molecular weight is 306 g/mol. The maximum Gasteiger partial charge on any atom is 1.00 e. The van der Waals surface area contributed by atoms with Crippen LogP contribution in [0, 0.1) is 0 Å². The summed E-state index contributed by atoms with van der Waals surface area (Å²) in [6, 6.07) is 0. The third kappa shape index (κ3) is 95.2. The first-order valence-corrected chi connectivity index (χ1v) is 2.77. The van der Waals surface area contributed by atoms with Gasteiger partial charge in [-0.25, -0.2) is 4.57 Å². The van der Waals surface area contributed by atoms with E-state index in [1.54, 1.807) is 0 Å². The zero-order valence-electron chi connectivity index (χ0n) is 12.1. The summed E-state index contributed by atoms with van der Waals surface area (Å²) in [6.45, 7) is -0.305. The Morgan fingerprint density at radius 2 is 1.06 bits per heavy atom. The Balaban J connectivity index is -0.00000000273. The standard InChI is InChI=1S/CH3O5P.3Na.6H2O.3H/c2-1-6-7(3,4)5;;;;;;;;;;;;/h1H,(H2,3,4,5);;;;6*1H2;;;/q;3*+1;;;;;;;3*-1. The molecule has 0 fully saturated rings. The molecule has 0 amide bonds. The molecule has 0 unspecified atom stereocenters. The molecule has 0 rings (SSSR count). The third-order valence-corrected chi connectivity index (χ3v) is 0.541. The molecular formula is CH18Na3O11P. The van der Waals surface area contributed by atoms with Gasteiger partial charge < -0.3 is 41.7 Å². The Bertz CT molecular complexity index is 126. The van der Waals surface area contributed by atoms with Crippen LogP contribution in [0.4, 0.5) is 0 Å². The quantitative estimate of drug-likeness (QED) is 0.284. The van der Waals surface area contributed by atoms with Crippen molar-refractivity contribution < 1.29 is 149 Å². The molecule has 0 aliphatic heterocycles. The molecule has 0 aromatic rings. The van der Waals surface area contributed by atoms with E-state index in [0.29, 0.717) is 0 Å². The molecule has 0 saturated heterocycles. The number of carbonyl (C=O) groups excluding carboxylic acids is 1. The average Bonchev–Trinajstić information content (AvgIpc) is 1.30. The zero-order valence-corrected chi connectivity index (χ0v) is 16.0. The van der Waals surface area contributed by atoms with Gasteiger partial charge in [0.1, 0.15) is 0 Å². The van der Waals surface area contributed by atoms with Crippen molar-refractivity contribution >= 4 is 14.3 Å². The number of phosphoric acid groups is 1. The van der Waals surface area contributed by atoms with Crippen LogP contribution in [0.3, 0.4) is 0 Å². The monoisotopic (exact) mass is 306 g/mol. The predicted molar refractivity (Wildman–Crippen MR) is 44.2 cm³/mol. The SMILES string of the molecule is O.O.O.O.O.O.O=COP(=O)(O)O.[H-].[H-].[H-].[Na+].[Na+].[Na+]. The summed E-state index contributed by atoms with van der Waals surface area (Å²) in [5, 5.41) is 0. The van der Waals surface area contributed by atoms with Crippen molar-refractivity contribution in [1.29, 1.82) is 0 Å². The first kappa shape index (κ1) is 79.1. The van der Waals surface area contributed by atoms with E-state index in [1.165, 1.54) is 0 Å². The molecule has 11 nitrogen and oxygen atoms in total. The molecule has 15 heteroatoms. The Kier molecular flexibility index (Phi) is 214. The van der Waals surface area contributed by atoms with Gasteiger partial charge in [-0.3, -0.25) is 14.6 Å². The second-order valence-electron chi connectivity index (χ2n) is 0.692. The molecule has 0 atom stereocenters. The predicted octanol–water partition coefficient (Wildman–Crippen LogP) is -14.3. The topological polar surface area (TPSA) is 273 Å². The van der Waals surface area contributed by atoms with Crippen LogP contribution >= 0.6 is 7.82 Å². The number of hydrogen-bond donors (Lipinski definition) is 2. The maximum absolute atomic E-state index is 9.47. The van der Waals surface area contributed by atoms with Crippen molar-refractivity contribution in [2.75, 3.05) is 0 Å². The summed E-state index contributed by atoms with van der Waals surface area (Å²) in [5.74, 6) is 0. The number of phosphoric ester groups is 1. The van der Waals surface area contributed by atoms with Crippen LogP contribution in [-0.4, -0.2) is 49.1 Å². The van der Waals surface area contributed by atoms with Gasteiger partial charge in [0, 0.05) is 0 Å². The normalized spacial score (nSPS) is 4.62. The maximum atomic E-state index is 9.47. The molecule has 14 N–H and O–H groups in total. The molecule has 0 saturated carbocycles. The molecule has 96 valence electrons. The van der Waals surface area contributed by atoms with Gasteiger partial charge in [-0.1, -0.05) is 0 Å². The van der Waals surface area contributed by atoms with Crippen LogP contribution in [0.2, 0.25) is 0 Å². The van der Waals surface area contributed by atoms with Crippen molar-refractivity contribution in [3.63, 3.8) is 0 Å². The summed E-state index contributed by atoms with van der Waals surface area (Å²) >= 11 is 0. The fourth-order valence-electron chi connectivity index (χ4n) is 0.0561. The second-order valence-corrected chi connectivity index (χ2v) is 1.88. The molecular weight excluding hydrogens is 288 g/mol. The van der Waals surface area contributed by atoms with Crippen molar-refractivity contribution in [3.05, 3.63) is 0 Å². The van der Waals surface area contributed by atoms with Gasteiger partial charge in [-0.05, 0) is 0 Å². The molecule has 0 aliphatic rings. The number of carbonyl (C=O) groups is 1. The van der Waals surface area contributed by atoms with Crippen LogP contribution in [0.5, 0.6) is 0 Å². The molecule has 0 radical (unpaired) electrons. The summed E-state index contributed by atoms with van der Waals surface area (Å²) in [7, 11) is -4.53. The Morgan fingerprint density at radius 3 is 1.06 bits per heavy atom. The molecule has 0 aromatic heterocycles. The van der Waals surface area contributed by atoms with Gasteiger partial charge in [-0.15, -0.1) is 0 Å². The number of hydrogen-bond acceptors (Lipinski definition) is 3. The summed E-state index contributed by atoms with van der Waals surface area (Å²) in [6.07, 6.45) is 0.